The van der Waals surface area contributed by atoms with E-state index in [9.17, 15) is 9.90 Å². The molecule has 0 bridgehead atoms. The molecule has 1 N–H and O–H groups in total. The van der Waals surface area contributed by atoms with E-state index in [0.717, 1.165) is 5.57 Å². The summed E-state index contributed by atoms with van der Waals surface area (Å²) in [6, 6.07) is 0. The van der Waals surface area contributed by atoms with Crippen molar-refractivity contribution in [3.63, 3.8) is 0 Å². The highest BCUT2D eigenvalue weighted by Gasteiger charge is 2.64. The molecule has 0 aromatic rings. The highest BCUT2D eigenvalue weighted by Crippen LogP contribution is 2.62. The Kier molecular flexibility index (Phi) is 3.25. The number of allylic oxidation sites excluding steroid dienone is 2. The first-order valence-electron chi connectivity index (χ1n) is 6.98. The fraction of sp³-hybridized carbons (Fsp3) is 0.588. The monoisotopic (exact) mass is 276 g/mol. The van der Waals surface area contributed by atoms with Crippen molar-refractivity contribution >= 4 is 5.97 Å². The predicted octanol–water partition coefficient (Wildman–Crippen LogP) is 3.02. The van der Waals surface area contributed by atoms with Crippen molar-refractivity contribution in [3.8, 4) is 0 Å². The summed E-state index contributed by atoms with van der Waals surface area (Å²) in [6.07, 6.45) is 6.29. The zero-order valence-electron chi connectivity index (χ0n) is 13.0. The molecule has 0 radical (unpaired) electrons. The zero-order valence-corrected chi connectivity index (χ0v) is 13.0. The van der Waals surface area contributed by atoms with E-state index in [1.54, 1.807) is 0 Å². The summed E-state index contributed by atoms with van der Waals surface area (Å²) in [7, 11) is 1.37. The molecule has 110 valence electrons. The smallest absolute Gasteiger partial charge is 0.334 e. The molecule has 2 aliphatic carbocycles. The van der Waals surface area contributed by atoms with Gasteiger partial charge in [0.2, 0.25) is 0 Å². The van der Waals surface area contributed by atoms with Crippen LogP contribution in [0.15, 0.2) is 36.0 Å². The summed E-state index contributed by atoms with van der Waals surface area (Å²) in [6.45, 7) is 12.0. The molecule has 0 aromatic carbocycles. The van der Waals surface area contributed by atoms with Gasteiger partial charge in [0, 0.05) is 22.3 Å². The van der Waals surface area contributed by atoms with Crippen molar-refractivity contribution in [2.24, 2.45) is 16.7 Å². The maximum atomic E-state index is 12.0. The van der Waals surface area contributed by atoms with Crippen LogP contribution in [0.5, 0.6) is 0 Å². The van der Waals surface area contributed by atoms with Crippen molar-refractivity contribution < 1.29 is 14.6 Å². The third kappa shape index (κ3) is 1.59. The summed E-state index contributed by atoms with van der Waals surface area (Å²) >= 11 is 0. The maximum Gasteiger partial charge on any atom is 0.334 e. The molecule has 3 nitrogen and oxygen atoms in total. The van der Waals surface area contributed by atoms with E-state index >= 15 is 0 Å². The van der Waals surface area contributed by atoms with E-state index in [2.05, 4.69) is 12.7 Å². The molecule has 3 atom stereocenters. The van der Waals surface area contributed by atoms with Crippen LogP contribution < -0.4 is 0 Å². The van der Waals surface area contributed by atoms with E-state index in [-0.39, 0.29) is 11.9 Å². The second-order valence-electron chi connectivity index (χ2n) is 6.78. The van der Waals surface area contributed by atoms with Gasteiger partial charge >= 0.3 is 5.97 Å². The number of rotatable bonds is 2. The topological polar surface area (TPSA) is 46.5 Å². The molecule has 0 saturated carbocycles. The second kappa shape index (κ2) is 4.32. The maximum absolute atomic E-state index is 12.0. The van der Waals surface area contributed by atoms with Gasteiger partial charge in [-0.05, 0) is 20.3 Å². The number of fused-ring (bicyclic) bond motifs is 1. The molecule has 0 aromatic heterocycles. The van der Waals surface area contributed by atoms with Crippen molar-refractivity contribution in [2.45, 2.75) is 39.7 Å². The average molecular weight is 276 g/mol. The molecular weight excluding hydrogens is 252 g/mol. The number of carbonyl (C=O) groups excluding carboxylic acids is 1. The van der Waals surface area contributed by atoms with E-state index < -0.39 is 16.4 Å². The summed E-state index contributed by atoms with van der Waals surface area (Å²) in [5.74, 6) is -0.274. The Bertz CT molecular complexity index is 526. The minimum atomic E-state index is -1.01. The molecule has 0 fully saturated rings. The molecule has 0 saturated heterocycles. The SMILES string of the molecule is C=C(C)[C@@H]1C=CC2(C)C(C(=O)OC)=CC[C@@]2(O)C1(C)C. The Morgan fingerprint density at radius 3 is 2.55 bits per heavy atom. The quantitative estimate of drug-likeness (QED) is 0.623. The normalized spacial score (nSPS) is 38.1. The van der Waals surface area contributed by atoms with Gasteiger partial charge in [-0.25, -0.2) is 4.79 Å². The lowest BCUT2D eigenvalue weighted by molar-refractivity contribution is -0.149. The van der Waals surface area contributed by atoms with Gasteiger partial charge in [0.25, 0.3) is 0 Å². The number of ether oxygens (including phenoxy) is 1. The van der Waals surface area contributed by atoms with Crippen LogP contribution >= 0.6 is 0 Å². The van der Waals surface area contributed by atoms with Crippen LogP contribution in [0.1, 0.15) is 34.1 Å². The first kappa shape index (κ1) is 15.0. The standard InChI is InChI=1S/C17H24O3/c1-11(2)12-7-9-16(5)13(14(18)20-6)8-10-17(16,19)15(12,3)4/h7-9,12,19H,1,10H2,2-6H3/t12-,16?,17+/m0/s1. The van der Waals surface area contributed by atoms with Crippen molar-refractivity contribution in [3.05, 3.63) is 36.0 Å². The Morgan fingerprint density at radius 1 is 1.45 bits per heavy atom. The molecular formula is C17H24O3. The number of esters is 1. The van der Waals surface area contributed by atoms with Gasteiger partial charge < -0.3 is 9.84 Å². The molecule has 0 heterocycles. The lowest BCUT2D eigenvalue weighted by Gasteiger charge is -2.55. The largest absolute Gasteiger partial charge is 0.466 e. The van der Waals surface area contributed by atoms with Gasteiger partial charge in [0.15, 0.2) is 0 Å². The lowest BCUT2D eigenvalue weighted by atomic mass is 9.51. The second-order valence-corrected chi connectivity index (χ2v) is 6.78. The summed E-state index contributed by atoms with van der Waals surface area (Å²) in [5, 5.41) is 11.4. The van der Waals surface area contributed by atoms with E-state index in [1.165, 1.54) is 7.11 Å². The summed E-state index contributed by atoms with van der Waals surface area (Å²) in [5.41, 5.74) is -0.563. The van der Waals surface area contributed by atoms with Crippen LogP contribution in [0.4, 0.5) is 0 Å². The number of hydrogen-bond donors (Lipinski definition) is 1. The van der Waals surface area contributed by atoms with Crippen molar-refractivity contribution in [1.82, 2.24) is 0 Å². The Balaban J connectivity index is 2.58. The molecule has 0 spiro atoms. The Labute approximate surface area is 121 Å². The van der Waals surface area contributed by atoms with Crippen LogP contribution in [0, 0.1) is 16.7 Å². The Morgan fingerprint density at radius 2 is 2.05 bits per heavy atom. The van der Waals surface area contributed by atoms with Gasteiger partial charge in [-0.3, -0.25) is 0 Å². The molecule has 2 rings (SSSR count). The van der Waals surface area contributed by atoms with Crippen LogP contribution in [-0.2, 0) is 9.53 Å². The third-order valence-electron chi connectivity index (χ3n) is 5.42. The molecule has 3 heteroatoms. The fourth-order valence-electron chi connectivity index (χ4n) is 4.03. The average Bonchev–Trinajstić information content (AvgIpc) is 2.62. The highest BCUT2D eigenvalue weighted by atomic mass is 16.5. The molecule has 2 aliphatic rings. The molecule has 1 unspecified atom stereocenters. The third-order valence-corrected chi connectivity index (χ3v) is 5.42. The molecule has 0 amide bonds. The highest BCUT2D eigenvalue weighted by molar-refractivity contribution is 5.92. The zero-order chi connectivity index (χ0) is 15.3. The van der Waals surface area contributed by atoms with Gasteiger partial charge in [0.05, 0.1) is 12.7 Å². The minimum Gasteiger partial charge on any atom is -0.466 e. The Hall–Kier alpha value is -1.35. The van der Waals surface area contributed by atoms with E-state index in [4.69, 9.17) is 4.74 Å². The number of carbonyl (C=O) groups is 1. The molecule has 0 aliphatic heterocycles. The van der Waals surface area contributed by atoms with Gasteiger partial charge in [-0.1, -0.05) is 44.2 Å². The minimum absolute atomic E-state index is 0.0889. The predicted molar refractivity (Wildman–Crippen MR) is 79.0 cm³/mol. The lowest BCUT2D eigenvalue weighted by Crippen LogP contribution is -2.59. The van der Waals surface area contributed by atoms with Crippen molar-refractivity contribution in [2.75, 3.05) is 7.11 Å². The first-order chi connectivity index (χ1) is 9.12. The van der Waals surface area contributed by atoms with Crippen LogP contribution in [-0.4, -0.2) is 23.8 Å². The van der Waals surface area contributed by atoms with Gasteiger partial charge in [-0.2, -0.15) is 0 Å². The van der Waals surface area contributed by atoms with Crippen molar-refractivity contribution in [1.29, 1.82) is 0 Å². The van der Waals surface area contributed by atoms with Crippen LogP contribution in [0.2, 0.25) is 0 Å². The first-order valence-corrected chi connectivity index (χ1v) is 6.98. The van der Waals surface area contributed by atoms with E-state index in [0.29, 0.717) is 12.0 Å². The summed E-state index contributed by atoms with van der Waals surface area (Å²) < 4.78 is 4.87. The van der Waals surface area contributed by atoms with Gasteiger partial charge in [-0.15, -0.1) is 0 Å². The number of aliphatic hydroxyl groups is 1. The number of methoxy groups -OCH3 is 1. The number of hydrogen-bond acceptors (Lipinski definition) is 3. The van der Waals surface area contributed by atoms with Crippen LogP contribution in [0.3, 0.4) is 0 Å². The van der Waals surface area contributed by atoms with E-state index in [1.807, 2.05) is 39.8 Å². The molecule has 20 heavy (non-hydrogen) atoms. The van der Waals surface area contributed by atoms with Crippen LogP contribution in [0.25, 0.3) is 0 Å². The summed E-state index contributed by atoms with van der Waals surface area (Å²) in [4.78, 5) is 12.0. The fourth-order valence-corrected chi connectivity index (χ4v) is 4.03. The van der Waals surface area contributed by atoms with Gasteiger partial charge in [0.1, 0.15) is 0 Å².